The number of aliphatic hydroxyl groups excluding tert-OH is 1. The monoisotopic (exact) mass is 694 g/mol. The summed E-state index contributed by atoms with van der Waals surface area (Å²) in [5, 5.41) is 20.9. The Kier molecular flexibility index (Phi) is 17.5. The third-order valence-corrected chi connectivity index (χ3v) is 9.71. The Labute approximate surface area is 291 Å². The molecule has 280 valence electrons. The number of carbonyl (C=O) groups excluding carboxylic acids is 6. The fourth-order valence-corrected chi connectivity index (χ4v) is 6.58. The lowest BCUT2D eigenvalue weighted by Gasteiger charge is -2.36. The normalized spacial score (nSPS) is 29.9. The van der Waals surface area contributed by atoms with Crippen molar-refractivity contribution < 1.29 is 38.6 Å². The van der Waals surface area contributed by atoms with Crippen molar-refractivity contribution in [1.29, 1.82) is 0 Å². The maximum atomic E-state index is 14.1. The average molecular weight is 695 g/mol. The van der Waals surface area contributed by atoms with Crippen LogP contribution in [0, 0.1) is 17.8 Å². The third kappa shape index (κ3) is 12.5. The first kappa shape index (κ1) is 41.9. The molecule has 0 aromatic heterocycles. The van der Waals surface area contributed by atoms with Gasteiger partial charge in [-0.3, -0.25) is 24.0 Å². The number of likely N-dealkylation sites (N-methyl/N-ethyl adjacent to an activating group) is 1. The summed E-state index contributed by atoms with van der Waals surface area (Å²) in [4.78, 5) is 83.3. The number of esters is 1. The largest absolute Gasteiger partial charge is 0.460 e. The first-order chi connectivity index (χ1) is 23.1. The van der Waals surface area contributed by atoms with Crippen LogP contribution in [0.25, 0.3) is 0 Å². The van der Waals surface area contributed by atoms with Crippen LogP contribution in [0.2, 0.25) is 0 Å². The number of hydrogen-bond acceptors (Lipinski definition) is 9. The third-order valence-electron chi connectivity index (χ3n) is 9.71. The van der Waals surface area contributed by atoms with E-state index < -0.39 is 83.8 Å². The van der Waals surface area contributed by atoms with Crippen molar-refractivity contribution in [3.8, 4) is 0 Å². The molecule has 1 saturated heterocycles. The predicted molar refractivity (Wildman–Crippen MR) is 185 cm³/mol. The molecule has 0 bridgehead atoms. The standard InChI is InChI=1S/C35H62N6O8/c1-8-9-10-14-17-27-21(4)34(47)41(7)26(18-20(2)3)31(44)40-29(24-15-12-11-13-16-24)33(46)38-25(19-36)30(43)39-28(23(6)42)32(45)37-22(5)35(48)49-27/h20-29,42H,8-19,36H2,1-7H3,(H,37,45)(H,38,46)(H,39,43)(H,40,44)/t21-,22-,23+,25+,26+,27-,28+,29+/m1/s1. The Morgan fingerprint density at radius 3 is 2.08 bits per heavy atom. The number of nitrogens with zero attached hydrogens (tertiary/aromatic N) is 1. The number of cyclic esters (lactones) is 1. The van der Waals surface area contributed by atoms with Gasteiger partial charge in [-0.25, -0.2) is 4.79 Å². The number of nitrogens with two attached hydrogens (primary N) is 1. The summed E-state index contributed by atoms with van der Waals surface area (Å²) in [6.07, 6.45) is 6.14. The van der Waals surface area contributed by atoms with Gasteiger partial charge in [0.1, 0.15) is 36.3 Å². The van der Waals surface area contributed by atoms with Crippen molar-refractivity contribution in [2.75, 3.05) is 13.6 Å². The molecule has 0 aromatic carbocycles. The number of rotatable bonds is 10. The highest BCUT2D eigenvalue weighted by atomic mass is 16.5. The van der Waals surface area contributed by atoms with E-state index in [4.69, 9.17) is 10.5 Å². The molecule has 2 fully saturated rings. The molecule has 1 aliphatic carbocycles. The van der Waals surface area contributed by atoms with Gasteiger partial charge in [0, 0.05) is 13.6 Å². The molecule has 5 amide bonds. The maximum absolute atomic E-state index is 14.1. The number of carbonyl (C=O) groups is 6. The van der Waals surface area contributed by atoms with Crippen molar-refractivity contribution in [1.82, 2.24) is 26.2 Å². The van der Waals surface area contributed by atoms with E-state index in [2.05, 4.69) is 28.2 Å². The minimum atomic E-state index is -1.49. The summed E-state index contributed by atoms with van der Waals surface area (Å²) in [6.45, 7) is 10.00. The number of aliphatic hydroxyl groups is 1. The lowest BCUT2D eigenvalue weighted by Crippen LogP contribution is -2.62. The molecule has 7 N–H and O–H groups in total. The van der Waals surface area contributed by atoms with Crippen molar-refractivity contribution in [3.05, 3.63) is 0 Å². The molecule has 0 radical (unpaired) electrons. The van der Waals surface area contributed by atoms with Gasteiger partial charge in [-0.1, -0.05) is 66.2 Å². The highest BCUT2D eigenvalue weighted by Gasteiger charge is 2.40. The first-order valence-corrected chi connectivity index (χ1v) is 18.2. The molecular weight excluding hydrogens is 632 g/mol. The van der Waals surface area contributed by atoms with E-state index in [1.165, 1.54) is 18.7 Å². The van der Waals surface area contributed by atoms with Crippen LogP contribution >= 0.6 is 0 Å². The highest BCUT2D eigenvalue weighted by Crippen LogP contribution is 2.28. The summed E-state index contributed by atoms with van der Waals surface area (Å²) in [5.74, 6) is -4.96. The van der Waals surface area contributed by atoms with Crippen LogP contribution in [0.5, 0.6) is 0 Å². The van der Waals surface area contributed by atoms with Crippen LogP contribution in [-0.4, -0.2) is 102 Å². The fraction of sp³-hybridized carbons (Fsp3) is 0.829. The van der Waals surface area contributed by atoms with E-state index in [0.717, 1.165) is 38.5 Å². The zero-order valence-electron chi connectivity index (χ0n) is 30.6. The summed E-state index contributed by atoms with van der Waals surface area (Å²) >= 11 is 0. The Balaban J connectivity index is 2.60. The van der Waals surface area contributed by atoms with E-state index in [9.17, 15) is 33.9 Å². The van der Waals surface area contributed by atoms with Crippen LogP contribution in [0.15, 0.2) is 0 Å². The van der Waals surface area contributed by atoms with Crippen molar-refractivity contribution >= 4 is 35.5 Å². The van der Waals surface area contributed by atoms with Crippen LogP contribution in [0.3, 0.4) is 0 Å². The Hall–Kier alpha value is -3.26. The van der Waals surface area contributed by atoms with Crippen molar-refractivity contribution in [3.63, 3.8) is 0 Å². The molecule has 8 atom stereocenters. The van der Waals surface area contributed by atoms with Gasteiger partial charge in [0.05, 0.1) is 12.0 Å². The number of amides is 5. The SMILES string of the molecule is CCCCCC[C@H]1OC(=O)[C@@H](C)NC(=O)[C@H]([C@H](C)O)NC(=O)[C@H](CN)NC(=O)[C@H](C2CCCCC2)NC(=O)[C@H](CC(C)C)N(C)C(=O)[C@@H]1C. The molecule has 14 heteroatoms. The van der Waals surface area contributed by atoms with E-state index in [1.807, 2.05) is 13.8 Å². The van der Waals surface area contributed by atoms with Crippen LogP contribution < -0.4 is 27.0 Å². The molecule has 2 rings (SSSR count). The fourth-order valence-electron chi connectivity index (χ4n) is 6.58. The number of ether oxygens (including phenoxy) is 1. The Morgan fingerprint density at radius 1 is 0.857 bits per heavy atom. The van der Waals surface area contributed by atoms with Crippen LogP contribution in [0.4, 0.5) is 0 Å². The minimum Gasteiger partial charge on any atom is -0.460 e. The molecule has 14 nitrogen and oxygen atoms in total. The number of nitrogens with one attached hydrogen (secondary N) is 4. The lowest BCUT2D eigenvalue weighted by molar-refractivity contribution is -0.160. The van der Waals surface area contributed by atoms with Gasteiger partial charge >= 0.3 is 5.97 Å². The van der Waals surface area contributed by atoms with Gasteiger partial charge < -0.3 is 41.7 Å². The minimum absolute atomic E-state index is 0.0178. The second-order valence-electron chi connectivity index (χ2n) is 14.3. The Bertz CT molecular complexity index is 1130. The van der Waals surface area contributed by atoms with Gasteiger partial charge in [-0.05, 0) is 57.8 Å². The van der Waals surface area contributed by atoms with Crippen LogP contribution in [-0.2, 0) is 33.5 Å². The van der Waals surface area contributed by atoms with E-state index in [-0.39, 0.29) is 18.4 Å². The molecule has 1 heterocycles. The smallest absolute Gasteiger partial charge is 0.328 e. The summed E-state index contributed by atoms with van der Waals surface area (Å²) < 4.78 is 5.87. The van der Waals surface area contributed by atoms with Crippen molar-refractivity contribution in [2.45, 2.75) is 155 Å². The zero-order chi connectivity index (χ0) is 36.8. The number of unbranched alkanes of at least 4 members (excludes halogenated alkanes) is 3. The van der Waals surface area contributed by atoms with E-state index >= 15 is 0 Å². The van der Waals surface area contributed by atoms with Gasteiger partial charge in [0.2, 0.25) is 29.5 Å². The average Bonchev–Trinajstić information content (AvgIpc) is 3.06. The van der Waals surface area contributed by atoms with Gasteiger partial charge in [0.15, 0.2) is 0 Å². The topological polar surface area (TPSA) is 209 Å². The van der Waals surface area contributed by atoms with Gasteiger partial charge in [-0.15, -0.1) is 0 Å². The van der Waals surface area contributed by atoms with Gasteiger partial charge in [0.25, 0.3) is 0 Å². The highest BCUT2D eigenvalue weighted by molar-refractivity contribution is 5.96. The first-order valence-electron chi connectivity index (χ1n) is 18.2. The summed E-state index contributed by atoms with van der Waals surface area (Å²) in [5.41, 5.74) is 5.90. The molecule has 1 aliphatic heterocycles. The molecule has 0 spiro atoms. The molecular formula is C35H62N6O8. The second kappa shape index (κ2) is 20.4. The van der Waals surface area contributed by atoms with Gasteiger partial charge in [-0.2, -0.15) is 0 Å². The molecule has 2 aliphatic rings. The summed E-state index contributed by atoms with van der Waals surface area (Å²) in [7, 11) is 1.55. The molecule has 0 aromatic rings. The van der Waals surface area contributed by atoms with Crippen LogP contribution in [0.1, 0.15) is 112 Å². The second-order valence-corrected chi connectivity index (χ2v) is 14.3. The van der Waals surface area contributed by atoms with Crippen molar-refractivity contribution in [2.24, 2.45) is 23.5 Å². The van der Waals surface area contributed by atoms with E-state index in [1.54, 1.807) is 14.0 Å². The molecule has 1 saturated carbocycles. The molecule has 0 unspecified atom stereocenters. The molecule has 49 heavy (non-hydrogen) atoms. The summed E-state index contributed by atoms with van der Waals surface area (Å²) in [6, 6.07) is -5.90. The maximum Gasteiger partial charge on any atom is 0.328 e. The predicted octanol–water partition coefficient (Wildman–Crippen LogP) is 1.27. The number of hydrogen-bond donors (Lipinski definition) is 6. The zero-order valence-corrected chi connectivity index (χ0v) is 30.6. The lowest BCUT2D eigenvalue weighted by atomic mass is 9.83. The Morgan fingerprint density at radius 2 is 1.51 bits per heavy atom. The van der Waals surface area contributed by atoms with E-state index in [0.29, 0.717) is 32.1 Å². The quantitative estimate of drug-likeness (QED) is 0.144.